The third-order valence-electron chi connectivity index (χ3n) is 3.46. The van der Waals surface area contributed by atoms with Gasteiger partial charge in [-0.05, 0) is 37.8 Å². The number of hydrogen-bond donors (Lipinski definition) is 0. The summed E-state index contributed by atoms with van der Waals surface area (Å²) in [4.78, 5) is 3.08. The molecule has 0 unspecified atom stereocenters. The molecule has 0 aliphatic heterocycles. The molecular formula is C14H16S3. The summed E-state index contributed by atoms with van der Waals surface area (Å²) in [5.74, 6) is 0. The Kier molecular flexibility index (Phi) is 2.80. The van der Waals surface area contributed by atoms with E-state index in [0.29, 0.717) is 0 Å². The van der Waals surface area contributed by atoms with Crippen LogP contribution in [0.4, 0.5) is 0 Å². The highest BCUT2D eigenvalue weighted by Gasteiger charge is 2.18. The molecule has 0 saturated carbocycles. The van der Waals surface area contributed by atoms with Gasteiger partial charge in [0.1, 0.15) is 0 Å². The Hall–Kier alpha value is -0.380. The van der Waals surface area contributed by atoms with Crippen molar-refractivity contribution in [2.24, 2.45) is 0 Å². The van der Waals surface area contributed by atoms with Gasteiger partial charge in [-0.2, -0.15) is 0 Å². The Bertz CT molecular complexity index is 694. The van der Waals surface area contributed by atoms with Crippen molar-refractivity contribution >= 4 is 52.8 Å². The number of aryl methyl sites for hydroxylation is 4. The predicted molar refractivity (Wildman–Crippen MR) is 83.3 cm³/mol. The van der Waals surface area contributed by atoms with Crippen LogP contribution in [0, 0.1) is 13.8 Å². The van der Waals surface area contributed by atoms with E-state index in [4.69, 9.17) is 0 Å². The molecule has 0 fully saturated rings. The zero-order valence-corrected chi connectivity index (χ0v) is 13.1. The van der Waals surface area contributed by atoms with Crippen LogP contribution < -0.4 is 0 Å². The quantitative estimate of drug-likeness (QED) is 0.546. The lowest BCUT2D eigenvalue weighted by molar-refractivity contribution is 1.09. The van der Waals surface area contributed by atoms with Gasteiger partial charge >= 0.3 is 0 Å². The predicted octanol–water partition coefficient (Wildman–Crippen LogP) is 5.92. The molecule has 0 nitrogen and oxygen atoms in total. The number of fused-ring (bicyclic) bond motifs is 3. The lowest BCUT2D eigenvalue weighted by atomic mass is 10.2. The summed E-state index contributed by atoms with van der Waals surface area (Å²) in [6.45, 7) is 9.07. The Labute approximate surface area is 114 Å². The van der Waals surface area contributed by atoms with E-state index >= 15 is 0 Å². The minimum atomic E-state index is 1.18. The molecule has 3 heteroatoms. The molecule has 3 rings (SSSR count). The summed E-state index contributed by atoms with van der Waals surface area (Å²) in [6.07, 6.45) is 2.36. The molecule has 0 N–H and O–H groups in total. The summed E-state index contributed by atoms with van der Waals surface area (Å²) in [7, 11) is 0. The fourth-order valence-corrected chi connectivity index (χ4v) is 6.85. The SMILES string of the molecule is CCc1sc2c(sc3c(C)c(C)sc32)c1CC. The Morgan fingerprint density at radius 3 is 2.12 bits per heavy atom. The van der Waals surface area contributed by atoms with Crippen LogP contribution in [0.25, 0.3) is 18.8 Å². The summed E-state index contributed by atoms with van der Waals surface area (Å²) in [5.41, 5.74) is 3.11. The molecule has 0 radical (unpaired) electrons. The van der Waals surface area contributed by atoms with Crippen LogP contribution in [0.2, 0.25) is 0 Å². The van der Waals surface area contributed by atoms with E-state index in [1.807, 2.05) is 34.0 Å². The molecule has 0 saturated heterocycles. The van der Waals surface area contributed by atoms with Crippen LogP contribution in [0.15, 0.2) is 0 Å². The first-order chi connectivity index (χ1) is 8.17. The third-order valence-corrected chi connectivity index (χ3v) is 7.83. The van der Waals surface area contributed by atoms with Crippen molar-refractivity contribution in [2.75, 3.05) is 0 Å². The van der Waals surface area contributed by atoms with Crippen LogP contribution in [-0.2, 0) is 12.8 Å². The average molecular weight is 280 g/mol. The summed E-state index contributed by atoms with van der Waals surface area (Å²) < 4.78 is 6.20. The topological polar surface area (TPSA) is 0 Å². The van der Waals surface area contributed by atoms with Crippen molar-refractivity contribution in [1.82, 2.24) is 0 Å². The average Bonchev–Trinajstić information content (AvgIpc) is 2.91. The van der Waals surface area contributed by atoms with Gasteiger partial charge in [-0.1, -0.05) is 13.8 Å². The Balaban J connectivity index is 2.44. The molecule has 0 aliphatic rings. The monoisotopic (exact) mass is 280 g/mol. The Morgan fingerprint density at radius 2 is 1.47 bits per heavy atom. The molecule has 3 heterocycles. The summed E-state index contributed by atoms with van der Waals surface area (Å²) >= 11 is 6.02. The van der Waals surface area contributed by atoms with Crippen molar-refractivity contribution in [2.45, 2.75) is 40.5 Å². The lowest BCUT2D eigenvalue weighted by Crippen LogP contribution is -1.81. The molecule has 3 aromatic heterocycles. The fourth-order valence-electron chi connectivity index (χ4n) is 2.38. The largest absolute Gasteiger partial charge is 0.138 e. The van der Waals surface area contributed by atoms with E-state index in [2.05, 4.69) is 27.7 Å². The molecule has 0 amide bonds. The minimum Gasteiger partial charge on any atom is -0.138 e. The molecular weight excluding hydrogens is 264 g/mol. The Morgan fingerprint density at radius 1 is 0.765 bits per heavy atom. The molecule has 0 spiro atoms. The molecule has 90 valence electrons. The van der Waals surface area contributed by atoms with Gasteiger partial charge < -0.3 is 0 Å². The molecule has 3 aromatic rings. The van der Waals surface area contributed by atoms with Gasteiger partial charge in [0, 0.05) is 9.75 Å². The lowest BCUT2D eigenvalue weighted by Gasteiger charge is -1.95. The molecule has 0 aromatic carbocycles. The van der Waals surface area contributed by atoms with E-state index in [0.717, 1.165) is 0 Å². The van der Waals surface area contributed by atoms with E-state index in [1.165, 1.54) is 28.0 Å². The van der Waals surface area contributed by atoms with Crippen LogP contribution >= 0.6 is 34.0 Å². The molecule has 17 heavy (non-hydrogen) atoms. The number of hydrogen-bond acceptors (Lipinski definition) is 3. The smallest absolute Gasteiger partial charge is 0.0635 e. The van der Waals surface area contributed by atoms with Gasteiger partial charge in [-0.25, -0.2) is 0 Å². The normalized spacial score (nSPS) is 12.0. The van der Waals surface area contributed by atoms with Crippen molar-refractivity contribution in [3.8, 4) is 0 Å². The summed E-state index contributed by atoms with van der Waals surface area (Å²) in [6, 6.07) is 0. The van der Waals surface area contributed by atoms with Crippen molar-refractivity contribution in [1.29, 1.82) is 0 Å². The molecule has 0 atom stereocenters. The van der Waals surface area contributed by atoms with Gasteiger partial charge in [0.2, 0.25) is 0 Å². The van der Waals surface area contributed by atoms with Crippen molar-refractivity contribution in [3.05, 3.63) is 20.9 Å². The first kappa shape index (κ1) is 11.7. The van der Waals surface area contributed by atoms with Crippen LogP contribution in [-0.4, -0.2) is 0 Å². The van der Waals surface area contributed by atoms with Crippen molar-refractivity contribution < 1.29 is 0 Å². The zero-order chi connectivity index (χ0) is 12.2. The van der Waals surface area contributed by atoms with Crippen LogP contribution in [0.3, 0.4) is 0 Å². The second kappa shape index (κ2) is 4.08. The first-order valence-electron chi connectivity index (χ1n) is 6.10. The molecule has 0 bridgehead atoms. The highest BCUT2D eigenvalue weighted by molar-refractivity contribution is 7.38. The minimum absolute atomic E-state index is 1.18. The van der Waals surface area contributed by atoms with Gasteiger partial charge in [0.15, 0.2) is 0 Å². The van der Waals surface area contributed by atoms with Gasteiger partial charge in [-0.3, -0.25) is 0 Å². The first-order valence-corrected chi connectivity index (χ1v) is 8.55. The van der Waals surface area contributed by atoms with Crippen molar-refractivity contribution in [3.63, 3.8) is 0 Å². The van der Waals surface area contributed by atoms with Gasteiger partial charge in [0.05, 0.1) is 18.8 Å². The van der Waals surface area contributed by atoms with E-state index < -0.39 is 0 Å². The highest BCUT2D eigenvalue weighted by atomic mass is 32.1. The van der Waals surface area contributed by atoms with E-state index in [-0.39, 0.29) is 0 Å². The van der Waals surface area contributed by atoms with Gasteiger partial charge in [-0.15, -0.1) is 34.0 Å². The number of thiophene rings is 3. The standard InChI is InChI=1S/C14H16S3/c1-5-9-10(6-2)16-14-12(9)17-11-7(3)8(4)15-13(11)14/h5-6H2,1-4H3. The third kappa shape index (κ3) is 1.52. The highest BCUT2D eigenvalue weighted by Crippen LogP contribution is 2.47. The van der Waals surface area contributed by atoms with E-state index in [9.17, 15) is 0 Å². The van der Waals surface area contributed by atoms with Crippen LogP contribution in [0.5, 0.6) is 0 Å². The second-order valence-electron chi connectivity index (χ2n) is 4.41. The maximum Gasteiger partial charge on any atom is 0.0635 e. The second-order valence-corrected chi connectivity index (χ2v) is 7.76. The maximum atomic E-state index is 2.28. The zero-order valence-electron chi connectivity index (χ0n) is 10.6. The van der Waals surface area contributed by atoms with E-state index in [1.54, 1.807) is 24.5 Å². The molecule has 0 aliphatic carbocycles. The van der Waals surface area contributed by atoms with Crippen LogP contribution in [0.1, 0.15) is 34.7 Å². The maximum absolute atomic E-state index is 2.28. The van der Waals surface area contributed by atoms with Gasteiger partial charge in [0.25, 0.3) is 0 Å². The summed E-state index contributed by atoms with van der Waals surface area (Å²) in [5, 5.41) is 0. The number of rotatable bonds is 2. The fraction of sp³-hybridized carbons (Fsp3) is 0.429.